The van der Waals surface area contributed by atoms with E-state index in [0.717, 1.165) is 11.4 Å². The Morgan fingerprint density at radius 1 is 1.20 bits per heavy atom. The molecule has 0 unspecified atom stereocenters. The Morgan fingerprint density at radius 2 is 1.97 bits per heavy atom. The summed E-state index contributed by atoms with van der Waals surface area (Å²) < 4.78 is 16.1. The van der Waals surface area contributed by atoms with Crippen LogP contribution in [0, 0.1) is 6.92 Å². The predicted molar refractivity (Wildman–Crippen MR) is 109 cm³/mol. The third-order valence-corrected chi connectivity index (χ3v) is 4.40. The van der Waals surface area contributed by atoms with Crippen LogP contribution in [0.1, 0.15) is 32.4 Å². The second-order valence-corrected chi connectivity index (χ2v) is 7.11. The third kappa shape index (κ3) is 6.18. The summed E-state index contributed by atoms with van der Waals surface area (Å²) in [4.78, 5) is 29.5. The van der Waals surface area contributed by atoms with Crippen molar-refractivity contribution in [1.82, 2.24) is 20.0 Å². The highest BCUT2D eigenvalue weighted by molar-refractivity contribution is 5.60. The second kappa shape index (κ2) is 10.1. The maximum Gasteiger partial charge on any atom is 0.528 e. The normalized spacial score (nSPS) is 15.0. The first-order valence-corrected chi connectivity index (χ1v) is 9.84. The number of aromatic nitrogens is 3. The van der Waals surface area contributed by atoms with Gasteiger partial charge in [0, 0.05) is 38.1 Å². The zero-order valence-electron chi connectivity index (χ0n) is 17.6. The fourth-order valence-corrected chi connectivity index (χ4v) is 2.93. The van der Waals surface area contributed by atoms with Crippen molar-refractivity contribution in [2.24, 2.45) is 0 Å². The van der Waals surface area contributed by atoms with E-state index in [9.17, 15) is 4.79 Å². The number of rotatable bonds is 7. The summed E-state index contributed by atoms with van der Waals surface area (Å²) in [7, 11) is 1.58. The topological polar surface area (TPSA) is 108 Å². The Morgan fingerprint density at radius 3 is 2.63 bits per heavy atom. The first kappa shape index (κ1) is 21.6. The number of carbonyl (C=O) groups excluding carboxylic acids is 1. The van der Waals surface area contributed by atoms with Crippen molar-refractivity contribution in [3.8, 4) is 11.8 Å². The molecule has 0 bridgehead atoms. The van der Waals surface area contributed by atoms with Gasteiger partial charge in [0.15, 0.2) is 0 Å². The lowest BCUT2D eigenvalue weighted by Crippen LogP contribution is -2.40. The lowest BCUT2D eigenvalue weighted by atomic mass is 10.1. The van der Waals surface area contributed by atoms with Crippen LogP contribution in [0.3, 0.4) is 0 Å². The largest absolute Gasteiger partial charge is 0.528 e. The molecule has 0 radical (unpaired) electrons. The summed E-state index contributed by atoms with van der Waals surface area (Å²) in [5.41, 5.74) is 1.61. The van der Waals surface area contributed by atoms with E-state index in [4.69, 9.17) is 19.0 Å². The maximum atomic E-state index is 11.6. The SMILES string of the molecule is COc1ccc(Nc2cc(OC3CCN(OC(=O)OC(C)C)CC3)ncn2)c(C)n1. The zero-order chi connectivity index (χ0) is 21.5. The van der Waals surface area contributed by atoms with Gasteiger partial charge in [-0.3, -0.25) is 0 Å². The Labute approximate surface area is 175 Å². The molecule has 0 atom stereocenters. The Balaban J connectivity index is 1.52. The van der Waals surface area contributed by atoms with Crippen molar-refractivity contribution in [3.05, 3.63) is 30.2 Å². The number of hydroxylamine groups is 2. The van der Waals surface area contributed by atoms with Crippen molar-refractivity contribution in [3.63, 3.8) is 0 Å². The van der Waals surface area contributed by atoms with Crippen LogP contribution in [0.25, 0.3) is 0 Å². The van der Waals surface area contributed by atoms with Gasteiger partial charge in [-0.2, -0.15) is 0 Å². The van der Waals surface area contributed by atoms with Gasteiger partial charge in [0.25, 0.3) is 0 Å². The van der Waals surface area contributed by atoms with Crippen LogP contribution in [0.5, 0.6) is 11.8 Å². The number of nitrogens with one attached hydrogen (secondary N) is 1. The average Bonchev–Trinajstić information content (AvgIpc) is 2.70. The molecule has 30 heavy (non-hydrogen) atoms. The number of hydrogen-bond acceptors (Lipinski definition) is 10. The first-order chi connectivity index (χ1) is 14.4. The highest BCUT2D eigenvalue weighted by Gasteiger charge is 2.24. The molecule has 0 spiro atoms. The summed E-state index contributed by atoms with van der Waals surface area (Å²) in [5.74, 6) is 1.63. The van der Waals surface area contributed by atoms with E-state index in [1.807, 2.05) is 13.0 Å². The molecule has 1 saturated heterocycles. The molecular weight excluding hydrogens is 390 g/mol. The Hall–Kier alpha value is -3.14. The number of anilines is 2. The summed E-state index contributed by atoms with van der Waals surface area (Å²) in [5, 5.41) is 4.81. The van der Waals surface area contributed by atoms with Crippen molar-refractivity contribution in [2.75, 3.05) is 25.5 Å². The number of hydrogen-bond donors (Lipinski definition) is 1. The molecule has 10 heteroatoms. The van der Waals surface area contributed by atoms with Crippen LogP contribution in [-0.4, -0.2) is 58.6 Å². The molecule has 3 rings (SSSR count). The quantitative estimate of drug-likeness (QED) is 0.674. The molecule has 3 heterocycles. The average molecular weight is 417 g/mol. The minimum Gasteiger partial charge on any atom is -0.481 e. The molecule has 0 amide bonds. The summed E-state index contributed by atoms with van der Waals surface area (Å²) >= 11 is 0. The van der Waals surface area contributed by atoms with Gasteiger partial charge in [0.2, 0.25) is 11.8 Å². The van der Waals surface area contributed by atoms with E-state index in [2.05, 4.69) is 20.3 Å². The molecule has 1 N–H and O–H groups in total. The fraction of sp³-hybridized carbons (Fsp3) is 0.500. The molecular formula is C20H27N5O5. The van der Waals surface area contributed by atoms with Crippen molar-refractivity contribution in [2.45, 2.75) is 45.8 Å². The summed E-state index contributed by atoms with van der Waals surface area (Å²) in [6, 6.07) is 5.40. The maximum absolute atomic E-state index is 11.6. The standard InChI is InChI=1S/C20H27N5O5/c1-13(2)28-20(26)30-25-9-7-15(8-10-25)29-19-11-17(21-12-22-19)24-16-5-6-18(27-4)23-14(16)3/h5-6,11-13,15H,7-10H2,1-4H3,(H,21,22,24). The van der Waals surface area contributed by atoms with Gasteiger partial charge in [0.05, 0.1) is 24.6 Å². The van der Waals surface area contributed by atoms with Gasteiger partial charge < -0.3 is 24.4 Å². The van der Waals surface area contributed by atoms with Crippen molar-refractivity contribution < 1.29 is 23.8 Å². The predicted octanol–water partition coefficient (Wildman–Crippen LogP) is 3.25. The Kier molecular flexibility index (Phi) is 7.23. The molecule has 1 fully saturated rings. The van der Waals surface area contributed by atoms with Crippen LogP contribution < -0.4 is 14.8 Å². The van der Waals surface area contributed by atoms with Gasteiger partial charge >= 0.3 is 6.16 Å². The van der Waals surface area contributed by atoms with Gasteiger partial charge in [-0.25, -0.2) is 19.7 Å². The van der Waals surface area contributed by atoms with Crippen LogP contribution in [0.4, 0.5) is 16.3 Å². The van der Waals surface area contributed by atoms with E-state index in [1.165, 1.54) is 6.33 Å². The Bertz CT molecular complexity index is 855. The molecule has 0 aliphatic carbocycles. The van der Waals surface area contributed by atoms with E-state index in [1.54, 1.807) is 38.2 Å². The van der Waals surface area contributed by atoms with Crippen LogP contribution in [-0.2, 0) is 9.57 Å². The van der Waals surface area contributed by atoms with Crippen LogP contribution in [0.15, 0.2) is 24.5 Å². The molecule has 0 aromatic carbocycles. The van der Waals surface area contributed by atoms with E-state index < -0.39 is 6.16 Å². The second-order valence-electron chi connectivity index (χ2n) is 7.11. The number of carbonyl (C=O) groups is 1. The van der Waals surface area contributed by atoms with Gasteiger partial charge in [-0.15, -0.1) is 5.06 Å². The van der Waals surface area contributed by atoms with E-state index >= 15 is 0 Å². The highest BCUT2D eigenvalue weighted by Crippen LogP contribution is 2.23. The lowest BCUT2D eigenvalue weighted by Gasteiger charge is -2.30. The van der Waals surface area contributed by atoms with E-state index in [-0.39, 0.29) is 12.2 Å². The zero-order valence-corrected chi connectivity index (χ0v) is 17.6. The number of methoxy groups -OCH3 is 1. The van der Waals surface area contributed by atoms with Crippen molar-refractivity contribution in [1.29, 1.82) is 0 Å². The molecule has 1 aliphatic heterocycles. The molecule has 2 aromatic rings. The molecule has 162 valence electrons. The number of piperidine rings is 1. The number of aryl methyl sites for hydroxylation is 1. The number of ether oxygens (including phenoxy) is 3. The van der Waals surface area contributed by atoms with Gasteiger partial charge in [-0.05, 0) is 26.8 Å². The number of pyridine rings is 1. The first-order valence-electron chi connectivity index (χ1n) is 9.84. The summed E-state index contributed by atoms with van der Waals surface area (Å²) in [6.45, 7) is 6.56. The van der Waals surface area contributed by atoms with Crippen LogP contribution in [0.2, 0.25) is 0 Å². The van der Waals surface area contributed by atoms with Gasteiger partial charge in [0.1, 0.15) is 18.2 Å². The monoisotopic (exact) mass is 417 g/mol. The molecule has 0 saturated carbocycles. The minimum atomic E-state index is -0.681. The van der Waals surface area contributed by atoms with E-state index in [0.29, 0.717) is 43.5 Å². The minimum absolute atomic E-state index is 0.0295. The third-order valence-electron chi connectivity index (χ3n) is 4.40. The van der Waals surface area contributed by atoms with Crippen molar-refractivity contribution >= 4 is 17.7 Å². The lowest BCUT2D eigenvalue weighted by molar-refractivity contribution is -0.151. The molecule has 1 aliphatic rings. The smallest absolute Gasteiger partial charge is 0.481 e. The molecule has 2 aromatic heterocycles. The number of nitrogens with zero attached hydrogens (tertiary/aromatic N) is 4. The van der Waals surface area contributed by atoms with Crippen LogP contribution >= 0.6 is 0 Å². The van der Waals surface area contributed by atoms with Gasteiger partial charge in [-0.1, -0.05) is 0 Å². The fourth-order valence-electron chi connectivity index (χ4n) is 2.93. The highest BCUT2D eigenvalue weighted by atomic mass is 16.8. The summed E-state index contributed by atoms with van der Waals surface area (Å²) in [6.07, 6.45) is 1.92. The molecule has 10 nitrogen and oxygen atoms in total.